The Hall–Kier alpha value is -0.700. The Morgan fingerprint density at radius 3 is 2.53 bits per heavy atom. The molecule has 1 heterocycles. The van der Waals surface area contributed by atoms with Crippen molar-refractivity contribution >= 4 is 16.1 Å². The van der Waals surface area contributed by atoms with Crippen LogP contribution in [0.5, 0.6) is 0 Å². The third-order valence-corrected chi connectivity index (χ3v) is 4.65. The minimum Gasteiger partial charge on any atom is -0.369 e. The van der Waals surface area contributed by atoms with E-state index >= 15 is 0 Å². The zero-order chi connectivity index (χ0) is 14.7. The molecule has 8 heteroatoms. The Labute approximate surface area is 115 Å². The summed E-state index contributed by atoms with van der Waals surface area (Å²) in [5.41, 5.74) is 4.57. The quantitative estimate of drug-likeness (QED) is 0.614. The van der Waals surface area contributed by atoms with Crippen molar-refractivity contribution in [3.63, 3.8) is 0 Å². The van der Waals surface area contributed by atoms with Crippen LogP contribution in [0.1, 0.15) is 33.6 Å². The van der Waals surface area contributed by atoms with Crippen molar-refractivity contribution in [1.82, 2.24) is 14.3 Å². The lowest BCUT2D eigenvalue weighted by atomic mass is 10.1. The summed E-state index contributed by atoms with van der Waals surface area (Å²) in [6.07, 6.45) is 1.61. The summed E-state index contributed by atoms with van der Waals surface area (Å²) in [4.78, 5) is 11.1. The SMILES string of the molecule is CC(C)(C)NS(=O)(=O)N(CC(N)=O)C1CCCNC1. The molecule has 0 radical (unpaired) electrons. The van der Waals surface area contributed by atoms with Crippen molar-refractivity contribution in [2.75, 3.05) is 19.6 Å². The number of nitrogens with two attached hydrogens (primary N) is 1. The second kappa shape index (κ2) is 6.17. The largest absolute Gasteiger partial charge is 0.369 e. The fourth-order valence-electron chi connectivity index (χ4n) is 2.09. The van der Waals surface area contributed by atoms with Crippen LogP contribution >= 0.6 is 0 Å². The molecule has 0 aliphatic carbocycles. The molecule has 0 aromatic carbocycles. The van der Waals surface area contributed by atoms with Crippen LogP contribution in [0, 0.1) is 0 Å². The molecule has 1 fully saturated rings. The number of primary amides is 1. The van der Waals surface area contributed by atoms with E-state index in [-0.39, 0.29) is 12.6 Å². The first kappa shape index (κ1) is 16.4. The molecule has 1 saturated heterocycles. The summed E-state index contributed by atoms with van der Waals surface area (Å²) in [6.45, 7) is 6.38. The van der Waals surface area contributed by atoms with Gasteiger partial charge in [0.1, 0.15) is 0 Å². The van der Waals surface area contributed by atoms with E-state index in [4.69, 9.17) is 5.73 Å². The molecule has 1 amide bonds. The first-order chi connectivity index (χ1) is 8.62. The molecule has 0 aromatic rings. The molecular weight excluding hydrogens is 268 g/mol. The molecule has 0 bridgehead atoms. The number of nitrogens with one attached hydrogen (secondary N) is 2. The summed E-state index contributed by atoms with van der Waals surface area (Å²) in [6, 6.07) is -0.235. The van der Waals surface area contributed by atoms with Crippen molar-refractivity contribution in [3.8, 4) is 0 Å². The van der Waals surface area contributed by atoms with Crippen LogP contribution in [-0.4, -0.2) is 49.8 Å². The maximum absolute atomic E-state index is 12.4. The van der Waals surface area contributed by atoms with Crippen molar-refractivity contribution in [1.29, 1.82) is 0 Å². The molecule has 1 aliphatic heterocycles. The third-order valence-electron chi connectivity index (χ3n) is 2.73. The summed E-state index contributed by atoms with van der Waals surface area (Å²) in [5, 5.41) is 3.14. The molecule has 0 saturated carbocycles. The van der Waals surface area contributed by atoms with Crippen LogP contribution in [0.3, 0.4) is 0 Å². The smallest absolute Gasteiger partial charge is 0.280 e. The van der Waals surface area contributed by atoms with Crippen LogP contribution in [0.25, 0.3) is 0 Å². The van der Waals surface area contributed by atoms with Gasteiger partial charge in [0.2, 0.25) is 5.91 Å². The maximum Gasteiger partial charge on any atom is 0.280 e. The third kappa shape index (κ3) is 5.43. The summed E-state index contributed by atoms with van der Waals surface area (Å²) in [7, 11) is -3.73. The average Bonchev–Trinajstić information content (AvgIpc) is 2.23. The van der Waals surface area contributed by atoms with Gasteiger partial charge in [-0.05, 0) is 40.2 Å². The second-order valence-electron chi connectivity index (χ2n) is 5.87. The molecule has 19 heavy (non-hydrogen) atoms. The lowest BCUT2D eigenvalue weighted by Crippen LogP contribution is -2.57. The molecule has 1 atom stereocenters. The van der Waals surface area contributed by atoms with E-state index in [0.717, 1.165) is 19.4 Å². The number of carbonyl (C=O) groups is 1. The van der Waals surface area contributed by atoms with E-state index in [1.54, 1.807) is 20.8 Å². The number of piperidine rings is 1. The van der Waals surface area contributed by atoms with Crippen LogP contribution in [0.15, 0.2) is 0 Å². The van der Waals surface area contributed by atoms with Gasteiger partial charge >= 0.3 is 0 Å². The Bertz CT molecular complexity index is 410. The number of hydrogen-bond acceptors (Lipinski definition) is 4. The second-order valence-corrected chi connectivity index (χ2v) is 7.49. The van der Waals surface area contributed by atoms with Crippen molar-refractivity contribution in [2.24, 2.45) is 5.73 Å². The number of nitrogens with zero attached hydrogens (tertiary/aromatic N) is 1. The molecule has 0 spiro atoms. The highest BCUT2D eigenvalue weighted by Gasteiger charge is 2.34. The molecule has 4 N–H and O–H groups in total. The number of carbonyl (C=O) groups excluding carboxylic acids is 1. The molecule has 7 nitrogen and oxygen atoms in total. The Kier molecular flexibility index (Phi) is 5.31. The summed E-state index contributed by atoms with van der Waals surface area (Å²) < 4.78 is 28.5. The molecule has 1 aliphatic rings. The molecule has 1 unspecified atom stereocenters. The van der Waals surface area contributed by atoms with E-state index in [2.05, 4.69) is 10.0 Å². The fraction of sp³-hybridized carbons (Fsp3) is 0.909. The van der Waals surface area contributed by atoms with E-state index in [0.29, 0.717) is 6.54 Å². The highest BCUT2D eigenvalue weighted by Crippen LogP contribution is 2.15. The van der Waals surface area contributed by atoms with Gasteiger partial charge in [-0.2, -0.15) is 17.4 Å². The highest BCUT2D eigenvalue weighted by atomic mass is 32.2. The van der Waals surface area contributed by atoms with E-state index in [1.807, 2.05) is 0 Å². The minimum absolute atomic E-state index is 0.235. The van der Waals surface area contributed by atoms with Crippen LogP contribution in [-0.2, 0) is 15.0 Å². The summed E-state index contributed by atoms with van der Waals surface area (Å²) >= 11 is 0. The number of amides is 1. The van der Waals surface area contributed by atoms with Crippen molar-refractivity contribution in [3.05, 3.63) is 0 Å². The van der Waals surface area contributed by atoms with Gasteiger partial charge < -0.3 is 11.1 Å². The van der Waals surface area contributed by atoms with E-state index < -0.39 is 21.7 Å². The molecule has 112 valence electrons. The predicted octanol–water partition coefficient (Wildman–Crippen LogP) is -0.841. The monoisotopic (exact) mass is 292 g/mol. The van der Waals surface area contributed by atoms with Crippen molar-refractivity contribution in [2.45, 2.75) is 45.2 Å². The lowest BCUT2D eigenvalue weighted by molar-refractivity contribution is -0.118. The Balaban J connectivity index is 2.91. The van der Waals surface area contributed by atoms with E-state index in [9.17, 15) is 13.2 Å². The minimum atomic E-state index is -3.73. The number of hydrogen-bond donors (Lipinski definition) is 3. The standard InChI is InChI=1S/C11H24N4O3S/c1-11(2,3)14-19(17,18)15(8-10(12)16)9-5-4-6-13-7-9/h9,13-14H,4-8H2,1-3H3,(H2,12,16). The topological polar surface area (TPSA) is 105 Å². The van der Waals surface area contributed by atoms with Gasteiger partial charge in [0.25, 0.3) is 10.2 Å². The van der Waals surface area contributed by atoms with Crippen LogP contribution in [0.4, 0.5) is 0 Å². The van der Waals surface area contributed by atoms with E-state index in [1.165, 1.54) is 4.31 Å². The molecule has 1 rings (SSSR count). The maximum atomic E-state index is 12.4. The Morgan fingerprint density at radius 2 is 2.11 bits per heavy atom. The average molecular weight is 292 g/mol. The molecular formula is C11H24N4O3S. The van der Waals surface area contributed by atoms with Gasteiger partial charge in [0.15, 0.2) is 0 Å². The van der Waals surface area contributed by atoms with Gasteiger partial charge in [-0.25, -0.2) is 0 Å². The first-order valence-electron chi connectivity index (χ1n) is 6.41. The number of rotatable bonds is 5. The Morgan fingerprint density at radius 1 is 1.47 bits per heavy atom. The van der Waals surface area contributed by atoms with Gasteiger partial charge in [-0.1, -0.05) is 0 Å². The zero-order valence-electron chi connectivity index (χ0n) is 11.8. The zero-order valence-corrected chi connectivity index (χ0v) is 12.6. The van der Waals surface area contributed by atoms with Gasteiger partial charge in [0.05, 0.1) is 6.54 Å². The van der Waals surface area contributed by atoms with Gasteiger partial charge in [-0.3, -0.25) is 4.79 Å². The van der Waals surface area contributed by atoms with Gasteiger partial charge in [-0.15, -0.1) is 0 Å². The van der Waals surface area contributed by atoms with Gasteiger partial charge in [0, 0.05) is 18.1 Å². The van der Waals surface area contributed by atoms with Crippen molar-refractivity contribution < 1.29 is 13.2 Å². The first-order valence-corrected chi connectivity index (χ1v) is 7.85. The van der Waals surface area contributed by atoms with Crippen LogP contribution in [0.2, 0.25) is 0 Å². The highest BCUT2D eigenvalue weighted by molar-refractivity contribution is 7.87. The summed E-state index contributed by atoms with van der Waals surface area (Å²) in [5.74, 6) is -0.648. The fourth-order valence-corrected chi connectivity index (χ4v) is 3.85. The normalized spacial score (nSPS) is 21.6. The predicted molar refractivity (Wildman–Crippen MR) is 73.6 cm³/mol. The molecule has 0 aromatic heterocycles. The van der Waals surface area contributed by atoms with Crippen LogP contribution < -0.4 is 15.8 Å². The lowest BCUT2D eigenvalue weighted by Gasteiger charge is -2.35.